The minimum Gasteiger partial charge on any atom is -0.314 e. The molecule has 96 valence electrons. The van der Waals surface area contributed by atoms with Gasteiger partial charge >= 0.3 is 0 Å². The lowest BCUT2D eigenvalue weighted by Crippen LogP contribution is -2.53. The van der Waals surface area contributed by atoms with Crippen molar-refractivity contribution in [3.63, 3.8) is 0 Å². The fourth-order valence-corrected chi connectivity index (χ4v) is 3.91. The van der Waals surface area contributed by atoms with Gasteiger partial charge in [-0.1, -0.05) is 13.8 Å². The average Bonchev–Trinajstić information content (AvgIpc) is 2.73. The molecule has 0 radical (unpaired) electrons. The molecule has 2 heterocycles. The van der Waals surface area contributed by atoms with Gasteiger partial charge in [-0.15, -0.1) is 11.3 Å². The molecule has 1 fully saturated rings. The molecule has 1 N–H and O–H groups in total. The van der Waals surface area contributed by atoms with Crippen molar-refractivity contribution in [1.82, 2.24) is 10.2 Å². The van der Waals surface area contributed by atoms with Crippen LogP contribution in [0.5, 0.6) is 0 Å². The second kappa shape index (κ2) is 6.32. The maximum absolute atomic E-state index is 3.53. The molecule has 1 aliphatic rings. The van der Waals surface area contributed by atoms with Gasteiger partial charge in [0.2, 0.25) is 0 Å². The number of hydrogen-bond donors (Lipinski definition) is 1. The second-order valence-electron chi connectivity index (χ2n) is 5.01. The number of halogens is 1. The normalized spacial score (nSPS) is 22.2. The fraction of sp³-hybridized carbons (Fsp3) is 0.692. The van der Waals surface area contributed by atoms with E-state index in [1.165, 1.54) is 28.2 Å². The third-order valence-electron chi connectivity index (χ3n) is 3.44. The lowest BCUT2D eigenvalue weighted by Gasteiger charge is -2.38. The SMILES string of the molecule is CC(C)C1CNCCN1CCc1ccc(Br)s1. The quantitative estimate of drug-likeness (QED) is 0.918. The van der Waals surface area contributed by atoms with Gasteiger partial charge in [0.05, 0.1) is 3.79 Å². The maximum Gasteiger partial charge on any atom is 0.0701 e. The number of hydrogen-bond acceptors (Lipinski definition) is 3. The highest BCUT2D eigenvalue weighted by atomic mass is 79.9. The zero-order valence-electron chi connectivity index (χ0n) is 10.6. The van der Waals surface area contributed by atoms with E-state index in [2.05, 4.69) is 52.1 Å². The van der Waals surface area contributed by atoms with E-state index in [9.17, 15) is 0 Å². The highest BCUT2D eigenvalue weighted by Crippen LogP contribution is 2.23. The van der Waals surface area contributed by atoms with Crippen LogP contribution < -0.4 is 5.32 Å². The van der Waals surface area contributed by atoms with E-state index >= 15 is 0 Å². The van der Waals surface area contributed by atoms with Crippen molar-refractivity contribution < 1.29 is 0 Å². The van der Waals surface area contributed by atoms with Crippen LogP contribution in [0.15, 0.2) is 15.9 Å². The first-order chi connectivity index (χ1) is 8.16. The Bertz CT molecular complexity index is 351. The fourth-order valence-electron chi connectivity index (χ4n) is 2.44. The molecule has 0 bridgehead atoms. The van der Waals surface area contributed by atoms with Crippen molar-refractivity contribution in [2.75, 3.05) is 26.2 Å². The van der Waals surface area contributed by atoms with Gasteiger partial charge in [0, 0.05) is 37.1 Å². The molecule has 2 rings (SSSR count). The highest BCUT2D eigenvalue weighted by Gasteiger charge is 2.24. The predicted octanol–water partition coefficient (Wildman–Crippen LogP) is 2.98. The minimum atomic E-state index is 0.701. The summed E-state index contributed by atoms with van der Waals surface area (Å²) >= 11 is 5.39. The van der Waals surface area contributed by atoms with E-state index in [1.54, 1.807) is 0 Å². The summed E-state index contributed by atoms with van der Waals surface area (Å²) in [5, 5.41) is 3.50. The summed E-state index contributed by atoms with van der Waals surface area (Å²) in [4.78, 5) is 4.13. The van der Waals surface area contributed by atoms with Gasteiger partial charge in [0.15, 0.2) is 0 Å². The standard InChI is InChI=1S/C13H21BrN2S/c1-10(2)12-9-15-6-8-16(12)7-5-11-3-4-13(14)17-11/h3-4,10,12,15H,5-9H2,1-2H3. The third-order valence-corrected chi connectivity index (χ3v) is 5.13. The van der Waals surface area contributed by atoms with E-state index < -0.39 is 0 Å². The molecule has 1 unspecified atom stereocenters. The Hall–Kier alpha value is 0.1000. The van der Waals surface area contributed by atoms with E-state index in [0.717, 1.165) is 19.0 Å². The van der Waals surface area contributed by atoms with Crippen LogP contribution >= 0.6 is 27.3 Å². The van der Waals surface area contributed by atoms with Crippen LogP contribution in [0.3, 0.4) is 0 Å². The van der Waals surface area contributed by atoms with E-state index in [1.807, 2.05) is 11.3 Å². The molecule has 1 aliphatic heterocycles. The Balaban J connectivity index is 1.88. The number of rotatable bonds is 4. The summed E-state index contributed by atoms with van der Waals surface area (Å²) in [7, 11) is 0. The number of nitrogens with one attached hydrogen (secondary N) is 1. The van der Waals surface area contributed by atoms with Crippen LogP contribution in [0.2, 0.25) is 0 Å². The molecule has 0 spiro atoms. The second-order valence-corrected chi connectivity index (χ2v) is 7.55. The van der Waals surface area contributed by atoms with Crippen molar-refractivity contribution >= 4 is 27.3 Å². The summed E-state index contributed by atoms with van der Waals surface area (Å²) in [6.45, 7) is 9.31. The molecule has 17 heavy (non-hydrogen) atoms. The van der Waals surface area contributed by atoms with Gasteiger partial charge < -0.3 is 5.32 Å². The largest absolute Gasteiger partial charge is 0.314 e. The highest BCUT2D eigenvalue weighted by molar-refractivity contribution is 9.11. The van der Waals surface area contributed by atoms with Crippen LogP contribution in [0.4, 0.5) is 0 Å². The molecule has 0 saturated carbocycles. The first kappa shape index (κ1) is 13.5. The number of piperazine rings is 1. The molecule has 1 aromatic heterocycles. The molecule has 1 saturated heterocycles. The van der Waals surface area contributed by atoms with Crippen molar-refractivity contribution in [2.24, 2.45) is 5.92 Å². The molecule has 1 atom stereocenters. The molecule has 0 amide bonds. The van der Waals surface area contributed by atoms with Crippen molar-refractivity contribution in [3.05, 3.63) is 20.8 Å². The molecule has 2 nitrogen and oxygen atoms in total. The van der Waals surface area contributed by atoms with E-state index in [0.29, 0.717) is 6.04 Å². The molecule has 1 aromatic rings. The van der Waals surface area contributed by atoms with Crippen molar-refractivity contribution in [1.29, 1.82) is 0 Å². The summed E-state index contributed by atoms with van der Waals surface area (Å²) in [5.41, 5.74) is 0. The predicted molar refractivity (Wildman–Crippen MR) is 78.8 cm³/mol. The summed E-state index contributed by atoms with van der Waals surface area (Å²) in [5.74, 6) is 0.734. The van der Waals surface area contributed by atoms with Gasteiger partial charge in [0.25, 0.3) is 0 Å². The van der Waals surface area contributed by atoms with Crippen molar-refractivity contribution in [2.45, 2.75) is 26.3 Å². The van der Waals surface area contributed by atoms with E-state index in [-0.39, 0.29) is 0 Å². The van der Waals surface area contributed by atoms with Gasteiger partial charge in [-0.3, -0.25) is 4.90 Å². The molecule has 0 aromatic carbocycles. The van der Waals surface area contributed by atoms with Crippen LogP contribution in [0.25, 0.3) is 0 Å². The Labute approximate surface area is 117 Å². The summed E-state index contributed by atoms with van der Waals surface area (Å²) < 4.78 is 1.24. The first-order valence-corrected chi connectivity index (χ1v) is 7.97. The number of thiophene rings is 1. The monoisotopic (exact) mass is 316 g/mol. The zero-order chi connectivity index (χ0) is 12.3. The lowest BCUT2D eigenvalue weighted by atomic mass is 10.0. The maximum atomic E-state index is 3.53. The Morgan fingerprint density at radius 1 is 1.53 bits per heavy atom. The van der Waals surface area contributed by atoms with Crippen LogP contribution in [0.1, 0.15) is 18.7 Å². The lowest BCUT2D eigenvalue weighted by molar-refractivity contribution is 0.126. The minimum absolute atomic E-state index is 0.701. The number of nitrogens with zero attached hydrogens (tertiary/aromatic N) is 1. The molecule has 0 aliphatic carbocycles. The summed E-state index contributed by atoms with van der Waals surface area (Å²) in [6.07, 6.45) is 1.18. The smallest absolute Gasteiger partial charge is 0.0701 e. The average molecular weight is 317 g/mol. The van der Waals surface area contributed by atoms with Gasteiger partial charge in [-0.2, -0.15) is 0 Å². The topological polar surface area (TPSA) is 15.3 Å². The van der Waals surface area contributed by atoms with Crippen LogP contribution in [-0.4, -0.2) is 37.1 Å². The van der Waals surface area contributed by atoms with Crippen molar-refractivity contribution in [3.8, 4) is 0 Å². The molecular formula is C13H21BrN2S. The zero-order valence-corrected chi connectivity index (χ0v) is 13.0. The Morgan fingerprint density at radius 3 is 3.00 bits per heavy atom. The molecular weight excluding hydrogens is 296 g/mol. The van der Waals surface area contributed by atoms with Crippen LogP contribution in [-0.2, 0) is 6.42 Å². The third kappa shape index (κ3) is 3.78. The van der Waals surface area contributed by atoms with Gasteiger partial charge in [0.1, 0.15) is 0 Å². The Kier molecular flexibility index (Phi) is 5.03. The Morgan fingerprint density at radius 2 is 2.35 bits per heavy atom. The van der Waals surface area contributed by atoms with E-state index in [4.69, 9.17) is 0 Å². The van der Waals surface area contributed by atoms with Crippen LogP contribution in [0, 0.1) is 5.92 Å². The molecule has 4 heteroatoms. The first-order valence-electron chi connectivity index (χ1n) is 6.36. The van der Waals surface area contributed by atoms with Gasteiger partial charge in [-0.05, 0) is 40.4 Å². The summed E-state index contributed by atoms with van der Waals surface area (Å²) in [6, 6.07) is 5.09. The van der Waals surface area contributed by atoms with Gasteiger partial charge in [-0.25, -0.2) is 0 Å².